The summed E-state index contributed by atoms with van der Waals surface area (Å²) in [7, 11) is 4.89. The van der Waals surface area contributed by atoms with Gasteiger partial charge < -0.3 is 19.4 Å². The second kappa shape index (κ2) is 6.57. The molecule has 0 saturated heterocycles. The Bertz CT molecular complexity index is 889. The number of aryl methyl sites for hydroxylation is 1. The Hall–Kier alpha value is -3.09. The first-order valence-corrected chi connectivity index (χ1v) is 7.40. The van der Waals surface area contributed by atoms with E-state index in [-0.39, 0.29) is 23.4 Å². The third-order valence-corrected chi connectivity index (χ3v) is 3.75. The van der Waals surface area contributed by atoms with Gasteiger partial charge in [0.2, 0.25) is 11.8 Å². The average molecular weight is 326 g/mol. The summed E-state index contributed by atoms with van der Waals surface area (Å²) in [6, 6.07) is 8.04. The Morgan fingerprint density at radius 3 is 2.79 bits per heavy atom. The smallest absolute Gasteiger partial charge is 0.275 e. The average Bonchev–Trinajstić information content (AvgIpc) is 2.95. The van der Waals surface area contributed by atoms with Gasteiger partial charge in [0.1, 0.15) is 0 Å². The first-order valence-electron chi connectivity index (χ1n) is 7.40. The highest BCUT2D eigenvalue weighted by Gasteiger charge is 2.17. The number of fused-ring (bicyclic) bond motifs is 1. The Morgan fingerprint density at radius 1 is 1.25 bits per heavy atom. The summed E-state index contributed by atoms with van der Waals surface area (Å²) in [5.74, 6) is 0.0668. The monoisotopic (exact) mass is 326 g/mol. The van der Waals surface area contributed by atoms with E-state index in [2.05, 4.69) is 15.3 Å². The number of para-hydroxylation sites is 1. The molecule has 1 N–H and O–H groups in total. The standard InChI is InChI=1S/C17H18N4O3/c1-21-10-11(12-6-4-5-7-13(12)21)8-19-16(22)15-17(24-3)20-14(23-2)9-18-15/h4-7,9-10H,8H2,1-3H3,(H,19,22). The molecule has 124 valence electrons. The lowest BCUT2D eigenvalue weighted by Crippen LogP contribution is -2.24. The van der Waals surface area contributed by atoms with Crippen LogP contribution in [0.15, 0.2) is 36.7 Å². The van der Waals surface area contributed by atoms with Crippen LogP contribution in [0.25, 0.3) is 10.9 Å². The number of hydrogen-bond acceptors (Lipinski definition) is 5. The molecule has 2 heterocycles. The number of rotatable bonds is 5. The zero-order valence-corrected chi connectivity index (χ0v) is 13.7. The van der Waals surface area contributed by atoms with Crippen molar-refractivity contribution in [3.8, 4) is 11.8 Å². The Balaban J connectivity index is 1.80. The van der Waals surface area contributed by atoms with Crippen molar-refractivity contribution < 1.29 is 14.3 Å². The van der Waals surface area contributed by atoms with E-state index in [1.54, 1.807) is 0 Å². The molecule has 0 aliphatic carbocycles. The van der Waals surface area contributed by atoms with Gasteiger partial charge in [-0.25, -0.2) is 4.98 Å². The van der Waals surface area contributed by atoms with Gasteiger partial charge in [-0.1, -0.05) is 18.2 Å². The predicted molar refractivity (Wildman–Crippen MR) is 89.2 cm³/mol. The van der Waals surface area contributed by atoms with Crippen LogP contribution in [0.2, 0.25) is 0 Å². The number of carbonyl (C=O) groups excluding carboxylic acids is 1. The van der Waals surface area contributed by atoms with Gasteiger partial charge >= 0.3 is 0 Å². The van der Waals surface area contributed by atoms with E-state index in [9.17, 15) is 4.79 Å². The summed E-state index contributed by atoms with van der Waals surface area (Å²) in [4.78, 5) is 20.5. The van der Waals surface area contributed by atoms with Crippen molar-refractivity contribution >= 4 is 16.8 Å². The molecule has 0 atom stereocenters. The maximum absolute atomic E-state index is 12.4. The maximum Gasteiger partial charge on any atom is 0.275 e. The maximum atomic E-state index is 12.4. The first-order chi connectivity index (χ1) is 11.6. The van der Waals surface area contributed by atoms with E-state index in [4.69, 9.17) is 9.47 Å². The van der Waals surface area contributed by atoms with Crippen LogP contribution in [0.3, 0.4) is 0 Å². The summed E-state index contributed by atoms with van der Waals surface area (Å²) in [5, 5.41) is 3.96. The van der Waals surface area contributed by atoms with Gasteiger partial charge in [0.25, 0.3) is 5.91 Å². The molecule has 0 aliphatic rings. The highest BCUT2D eigenvalue weighted by Crippen LogP contribution is 2.21. The minimum atomic E-state index is -0.352. The minimum absolute atomic E-state index is 0.124. The number of carbonyl (C=O) groups is 1. The van der Waals surface area contributed by atoms with E-state index in [1.165, 1.54) is 20.4 Å². The van der Waals surface area contributed by atoms with E-state index in [0.29, 0.717) is 6.54 Å². The molecule has 0 fully saturated rings. The number of amides is 1. The fraction of sp³-hybridized carbons (Fsp3) is 0.235. The zero-order valence-electron chi connectivity index (χ0n) is 13.7. The van der Waals surface area contributed by atoms with Crippen molar-refractivity contribution in [2.24, 2.45) is 7.05 Å². The third kappa shape index (κ3) is 2.88. The second-order valence-electron chi connectivity index (χ2n) is 5.24. The Kier molecular flexibility index (Phi) is 4.33. The Labute approximate surface area is 139 Å². The normalized spacial score (nSPS) is 10.6. The lowest BCUT2D eigenvalue weighted by atomic mass is 10.2. The molecule has 1 amide bonds. The number of nitrogens with zero attached hydrogens (tertiary/aromatic N) is 3. The molecule has 3 aromatic rings. The Morgan fingerprint density at radius 2 is 2.04 bits per heavy atom. The zero-order chi connectivity index (χ0) is 17.1. The van der Waals surface area contributed by atoms with Gasteiger partial charge in [-0.05, 0) is 11.6 Å². The molecule has 3 rings (SSSR count). The van der Waals surface area contributed by atoms with Crippen molar-refractivity contribution in [2.75, 3.05) is 14.2 Å². The fourth-order valence-corrected chi connectivity index (χ4v) is 2.58. The van der Waals surface area contributed by atoms with Crippen molar-refractivity contribution in [1.82, 2.24) is 19.9 Å². The first kappa shape index (κ1) is 15.8. The number of ether oxygens (including phenoxy) is 2. The van der Waals surface area contributed by atoms with Gasteiger partial charge in [-0.2, -0.15) is 4.98 Å². The molecule has 7 nitrogen and oxygen atoms in total. The fourth-order valence-electron chi connectivity index (χ4n) is 2.58. The van der Waals surface area contributed by atoms with Crippen LogP contribution in [-0.2, 0) is 13.6 Å². The van der Waals surface area contributed by atoms with E-state index >= 15 is 0 Å². The third-order valence-electron chi connectivity index (χ3n) is 3.75. The number of benzene rings is 1. The van der Waals surface area contributed by atoms with E-state index in [0.717, 1.165) is 16.5 Å². The molecule has 1 aromatic carbocycles. The molecular weight excluding hydrogens is 308 g/mol. The molecular formula is C17H18N4O3. The number of methoxy groups -OCH3 is 2. The lowest BCUT2D eigenvalue weighted by molar-refractivity contribution is 0.0941. The molecule has 0 spiro atoms. The topological polar surface area (TPSA) is 78.3 Å². The molecule has 0 aliphatic heterocycles. The predicted octanol–water partition coefficient (Wildman–Crippen LogP) is 1.92. The lowest BCUT2D eigenvalue weighted by Gasteiger charge is -2.08. The molecule has 0 radical (unpaired) electrons. The largest absolute Gasteiger partial charge is 0.480 e. The highest BCUT2D eigenvalue weighted by atomic mass is 16.5. The molecule has 24 heavy (non-hydrogen) atoms. The van der Waals surface area contributed by atoms with Gasteiger partial charge in [0.05, 0.1) is 20.4 Å². The van der Waals surface area contributed by atoms with Crippen LogP contribution >= 0.6 is 0 Å². The molecule has 7 heteroatoms. The highest BCUT2D eigenvalue weighted by molar-refractivity contribution is 5.94. The van der Waals surface area contributed by atoms with Crippen molar-refractivity contribution in [3.05, 3.63) is 47.9 Å². The van der Waals surface area contributed by atoms with Crippen LogP contribution in [0, 0.1) is 0 Å². The van der Waals surface area contributed by atoms with Gasteiger partial charge in [0, 0.05) is 30.7 Å². The quantitative estimate of drug-likeness (QED) is 0.775. The number of hydrogen-bond donors (Lipinski definition) is 1. The summed E-state index contributed by atoms with van der Waals surface area (Å²) in [6.07, 6.45) is 3.39. The van der Waals surface area contributed by atoms with Crippen LogP contribution in [-0.4, -0.2) is 34.7 Å². The molecule has 0 bridgehead atoms. The van der Waals surface area contributed by atoms with Crippen molar-refractivity contribution in [3.63, 3.8) is 0 Å². The molecule has 0 saturated carbocycles. The van der Waals surface area contributed by atoms with Crippen LogP contribution in [0.4, 0.5) is 0 Å². The van der Waals surface area contributed by atoms with E-state index in [1.807, 2.05) is 42.1 Å². The van der Waals surface area contributed by atoms with Crippen molar-refractivity contribution in [1.29, 1.82) is 0 Å². The van der Waals surface area contributed by atoms with Gasteiger partial charge in [-0.15, -0.1) is 0 Å². The van der Waals surface area contributed by atoms with Gasteiger partial charge in [-0.3, -0.25) is 4.79 Å². The van der Waals surface area contributed by atoms with Crippen molar-refractivity contribution in [2.45, 2.75) is 6.54 Å². The SMILES string of the molecule is COc1cnc(C(=O)NCc2cn(C)c3ccccc23)c(OC)n1. The van der Waals surface area contributed by atoms with E-state index < -0.39 is 0 Å². The summed E-state index contributed by atoms with van der Waals surface area (Å²) in [5.41, 5.74) is 2.27. The van der Waals surface area contributed by atoms with Crippen LogP contribution in [0.1, 0.15) is 16.1 Å². The summed E-state index contributed by atoms with van der Waals surface area (Å²) in [6.45, 7) is 0.386. The van der Waals surface area contributed by atoms with Crippen LogP contribution in [0.5, 0.6) is 11.8 Å². The minimum Gasteiger partial charge on any atom is -0.480 e. The summed E-state index contributed by atoms with van der Waals surface area (Å²) >= 11 is 0. The summed E-state index contributed by atoms with van der Waals surface area (Å²) < 4.78 is 12.1. The number of aromatic nitrogens is 3. The molecule has 0 unspecified atom stereocenters. The molecule has 2 aromatic heterocycles. The number of nitrogens with one attached hydrogen (secondary N) is 1. The second-order valence-corrected chi connectivity index (χ2v) is 5.24. The van der Waals surface area contributed by atoms with Crippen LogP contribution < -0.4 is 14.8 Å². The van der Waals surface area contributed by atoms with Gasteiger partial charge in [0.15, 0.2) is 5.69 Å².